The van der Waals surface area contributed by atoms with Crippen LogP contribution >= 0.6 is 0 Å². The highest BCUT2D eigenvalue weighted by Gasteiger charge is 2.20. The van der Waals surface area contributed by atoms with E-state index in [2.05, 4.69) is 185 Å². The SMILES string of the molecule is c1ccc(-c2cc(-c3ccc(-c4ccc5nc6n(-c7ccccc7)c7ccc(-c8ccc(-c9cc(-c%10ccccc%10)nc(-c%10ccccc%10)n9)cc8)cc7n6c5c4)cc3)nc(-c3ccccc3)n2)cc1. The first kappa shape index (κ1) is 40.7. The molecule has 0 aliphatic rings. The van der Waals surface area contributed by atoms with Gasteiger partial charge in [0.15, 0.2) is 11.6 Å². The third-order valence-electron chi connectivity index (χ3n) is 13.0. The molecule has 70 heavy (non-hydrogen) atoms. The van der Waals surface area contributed by atoms with Crippen LogP contribution < -0.4 is 0 Å². The molecule has 0 saturated heterocycles. The van der Waals surface area contributed by atoms with Gasteiger partial charge in [0.05, 0.1) is 44.8 Å². The highest BCUT2D eigenvalue weighted by atomic mass is 15.2. The first-order chi connectivity index (χ1) is 34.7. The third kappa shape index (κ3) is 7.48. The fourth-order valence-corrected chi connectivity index (χ4v) is 9.44. The summed E-state index contributed by atoms with van der Waals surface area (Å²) < 4.78 is 4.57. The van der Waals surface area contributed by atoms with Crippen molar-refractivity contribution in [3.63, 3.8) is 0 Å². The Morgan fingerprint density at radius 1 is 0.243 bits per heavy atom. The van der Waals surface area contributed by atoms with Gasteiger partial charge in [-0.15, -0.1) is 0 Å². The molecule has 13 aromatic rings. The Balaban J connectivity index is 0.886. The second-order valence-electron chi connectivity index (χ2n) is 17.4. The van der Waals surface area contributed by atoms with Crippen molar-refractivity contribution in [1.82, 2.24) is 33.9 Å². The molecule has 0 aliphatic heterocycles. The zero-order valence-electron chi connectivity index (χ0n) is 37.8. The van der Waals surface area contributed by atoms with Crippen molar-refractivity contribution >= 4 is 27.8 Å². The van der Waals surface area contributed by atoms with Gasteiger partial charge in [-0.1, -0.05) is 200 Å². The highest BCUT2D eigenvalue weighted by Crippen LogP contribution is 2.36. The summed E-state index contributed by atoms with van der Waals surface area (Å²) in [6.45, 7) is 0. The summed E-state index contributed by atoms with van der Waals surface area (Å²) in [5.41, 5.74) is 19.2. The van der Waals surface area contributed by atoms with Gasteiger partial charge in [-0.05, 0) is 70.8 Å². The number of fused-ring (bicyclic) bond motifs is 5. The van der Waals surface area contributed by atoms with Gasteiger partial charge in [0.2, 0.25) is 5.78 Å². The Kier molecular flexibility index (Phi) is 10.0. The van der Waals surface area contributed by atoms with Crippen LogP contribution in [0.1, 0.15) is 0 Å². The van der Waals surface area contributed by atoms with Crippen LogP contribution in [0.3, 0.4) is 0 Å². The van der Waals surface area contributed by atoms with Crippen molar-refractivity contribution in [2.75, 3.05) is 0 Å². The van der Waals surface area contributed by atoms with E-state index in [-0.39, 0.29) is 0 Å². The number of hydrogen-bond donors (Lipinski definition) is 0. The molecule has 4 aromatic heterocycles. The summed E-state index contributed by atoms with van der Waals surface area (Å²) in [7, 11) is 0. The maximum absolute atomic E-state index is 5.29. The van der Waals surface area contributed by atoms with Gasteiger partial charge < -0.3 is 0 Å². The summed E-state index contributed by atoms with van der Waals surface area (Å²) in [4.78, 5) is 25.4. The Labute approximate surface area is 404 Å². The Morgan fingerprint density at radius 3 is 1.06 bits per heavy atom. The molecule has 0 unspecified atom stereocenters. The molecular weight excluding hydrogens is 855 g/mol. The summed E-state index contributed by atoms with van der Waals surface area (Å²) in [5, 5.41) is 0. The molecule has 0 aliphatic carbocycles. The minimum Gasteiger partial charge on any atom is -0.278 e. The number of nitrogens with zero attached hydrogens (tertiary/aromatic N) is 7. The molecule has 13 rings (SSSR count). The molecule has 0 N–H and O–H groups in total. The van der Waals surface area contributed by atoms with Gasteiger partial charge in [-0.25, -0.2) is 24.9 Å². The molecule has 4 heterocycles. The van der Waals surface area contributed by atoms with Crippen molar-refractivity contribution in [2.45, 2.75) is 0 Å². The molecule has 0 amide bonds. The van der Waals surface area contributed by atoms with Crippen molar-refractivity contribution < 1.29 is 0 Å². The van der Waals surface area contributed by atoms with Gasteiger partial charge in [0.25, 0.3) is 0 Å². The van der Waals surface area contributed by atoms with Crippen molar-refractivity contribution in [2.24, 2.45) is 0 Å². The van der Waals surface area contributed by atoms with E-state index in [1.807, 2.05) is 72.8 Å². The van der Waals surface area contributed by atoms with Crippen LogP contribution in [-0.2, 0) is 0 Å². The van der Waals surface area contributed by atoms with Crippen LogP contribution in [0, 0.1) is 0 Å². The molecular formula is C63H41N7. The van der Waals surface area contributed by atoms with Crippen molar-refractivity contribution in [3.05, 3.63) is 249 Å². The topological polar surface area (TPSA) is 73.8 Å². The number of benzene rings is 9. The van der Waals surface area contributed by atoms with Crippen LogP contribution in [0.5, 0.6) is 0 Å². The van der Waals surface area contributed by atoms with E-state index in [0.717, 1.165) is 112 Å². The highest BCUT2D eigenvalue weighted by molar-refractivity contribution is 5.96. The number of hydrogen-bond acceptors (Lipinski definition) is 5. The number of rotatable bonds is 9. The van der Waals surface area contributed by atoms with Gasteiger partial charge in [-0.3, -0.25) is 8.97 Å². The van der Waals surface area contributed by atoms with Crippen LogP contribution in [0.4, 0.5) is 0 Å². The molecule has 0 bridgehead atoms. The van der Waals surface area contributed by atoms with Crippen LogP contribution in [0.25, 0.3) is 124 Å². The average Bonchev–Trinajstić information content (AvgIpc) is 3.98. The first-order valence-electron chi connectivity index (χ1n) is 23.4. The van der Waals surface area contributed by atoms with Gasteiger partial charge in [0, 0.05) is 39.1 Å². The molecule has 0 radical (unpaired) electrons. The van der Waals surface area contributed by atoms with E-state index in [9.17, 15) is 0 Å². The Hall–Kier alpha value is -9.59. The van der Waals surface area contributed by atoms with Crippen LogP contribution in [0.15, 0.2) is 249 Å². The molecule has 328 valence electrons. The van der Waals surface area contributed by atoms with E-state index in [0.29, 0.717) is 11.6 Å². The van der Waals surface area contributed by atoms with Crippen molar-refractivity contribution in [3.8, 4) is 95.7 Å². The maximum atomic E-state index is 5.29. The van der Waals surface area contributed by atoms with Crippen molar-refractivity contribution in [1.29, 1.82) is 0 Å². The average molecular weight is 896 g/mol. The largest absolute Gasteiger partial charge is 0.278 e. The lowest BCUT2D eigenvalue weighted by molar-refractivity contribution is 1.11. The third-order valence-corrected chi connectivity index (χ3v) is 13.0. The zero-order valence-corrected chi connectivity index (χ0v) is 37.8. The lowest BCUT2D eigenvalue weighted by Gasteiger charge is -2.10. The van der Waals surface area contributed by atoms with Crippen LogP contribution in [0.2, 0.25) is 0 Å². The van der Waals surface area contributed by atoms with Gasteiger partial charge in [-0.2, -0.15) is 0 Å². The molecule has 0 spiro atoms. The van der Waals surface area contributed by atoms with E-state index in [1.165, 1.54) is 0 Å². The molecule has 0 saturated carbocycles. The normalized spacial score (nSPS) is 11.4. The molecule has 9 aromatic carbocycles. The molecule has 0 atom stereocenters. The van der Waals surface area contributed by atoms with Gasteiger partial charge >= 0.3 is 0 Å². The number of imidazole rings is 2. The second-order valence-corrected chi connectivity index (χ2v) is 17.4. The Bertz CT molecular complexity index is 3890. The second kappa shape index (κ2) is 17.2. The lowest BCUT2D eigenvalue weighted by atomic mass is 10.0. The van der Waals surface area contributed by atoms with E-state index >= 15 is 0 Å². The quantitative estimate of drug-likeness (QED) is 0.144. The summed E-state index contributed by atoms with van der Waals surface area (Å²) in [6.07, 6.45) is 0. The number of para-hydroxylation sites is 1. The van der Waals surface area contributed by atoms with E-state index < -0.39 is 0 Å². The molecule has 7 nitrogen and oxygen atoms in total. The fourth-order valence-electron chi connectivity index (χ4n) is 9.44. The number of aromatic nitrogens is 7. The van der Waals surface area contributed by atoms with E-state index in [4.69, 9.17) is 24.9 Å². The molecule has 7 heteroatoms. The molecule has 0 fully saturated rings. The van der Waals surface area contributed by atoms with E-state index in [1.54, 1.807) is 0 Å². The first-order valence-corrected chi connectivity index (χ1v) is 23.4. The lowest BCUT2D eigenvalue weighted by Crippen LogP contribution is -1.95. The monoisotopic (exact) mass is 895 g/mol. The zero-order chi connectivity index (χ0) is 46.4. The summed E-state index contributed by atoms with van der Waals surface area (Å²) in [6, 6.07) is 86.3. The van der Waals surface area contributed by atoms with Gasteiger partial charge in [0.1, 0.15) is 0 Å². The predicted octanol–water partition coefficient (Wildman–Crippen LogP) is 15.3. The minimum absolute atomic E-state index is 0.698. The Morgan fingerprint density at radius 2 is 0.600 bits per heavy atom. The maximum Gasteiger partial charge on any atom is 0.220 e. The minimum atomic E-state index is 0.698. The smallest absolute Gasteiger partial charge is 0.220 e. The summed E-state index contributed by atoms with van der Waals surface area (Å²) in [5.74, 6) is 2.25. The summed E-state index contributed by atoms with van der Waals surface area (Å²) >= 11 is 0. The predicted molar refractivity (Wildman–Crippen MR) is 284 cm³/mol. The van der Waals surface area contributed by atoms with Crippen LogP contribution in [-0.4, -0.2) is 33.9 Å². The standard InChI is InChI=1S/C63H41N7/c1-6-16-44(17-7-1)54-40-56(66-61(64-54)48-20-10-3-11-21-48)46-30-26-42(27-31-46)50-34-36-53-59(38-50)70-60-39-51(35-37-58(60)69(63(70)68-53)52-24-14-5-15-25-52)43-28-32-47(33-29-43)57-41-55(45-18-8-2-9-19-45)65-62(67-57)49-22-12-4-13-23-49/h1-41H. The fraction of sp³-hybridized carbons (Fsp3) is 0.